The van der Waals surface area contributed by atoms with E-state index >= 15 is 0 Å². The first-order valence-electron chi connectivity index (χ1n) is 11.0. The molecule has 11 heteroatoms. The zero-order valence-electron chi connectivity index (χ0n) is 18.4. The fourth-order valence-electron chi connectivity index (χ4n) is 4.01. The van der Waals surface area contributed by atoms with E-state index in [2.05, 4.69) is 20.4 Å². The molecule has 2 fully saturated rings. The number of pyridine rings is 1. The minimum absolute atomic E-state index is 0.138. The Hall–Kier alpha value is -2.63. The van der Waals surface area contributed by atoms with Crippen LogP contribution in [0.5, 0.6) is 0 Å². The van der Waals surface area contributed by atoms with Gasteiger partial charge in [0.05, 0.1) is 15.7 Å². The highest BCUT2D eigenvalue weighted by molar-refractivity contribution is 7.89. The van der Waals surface area contributed by atoms with Gasteiger partial charge in [0.15, 0.2) is 0 Å². The fraction of sp³-hybridized carbons (Fsp3) is 0.455. The van der Waals surface area contributed by atoms with Crippen molar-refractivity contribution >= 4 is 33.1 Å². The summed E-state index contributed by atoms with van der Waals surface area (Å²) in [6.45, 7) is 4.22. The van der Waals surface area contributed by atoms with Crippen LogP contribution in [0.1, 0.15) is 47.9 Å². The number of aryl methyl sites for hydroxylation is 2. The lowest BCUT2D eigenvalue weighted by atomic mass is 9.99. The largest absolute Gasteiger partial charge is 0.339 e. The smallest absolute Gasteiger partial charge is 0.244 e. The average molecular weight is 488 g/mol. The van der Waals surface area contributed by atoms with E-state index in [1.54, 1.807) is 25.3 Å². The lowest BCUT2D eigenvalue weighted by molar-refractivity contribution is -0.120. The number of amides is 1. The summed E-state index contributed by atoms with van der Waals surface area (Å²) in [4.78, 5) is 23.0. The number of carbonyl (C=O) groups is 1. The Morgan fingerprint density at radius 1 is 1.24 bits per heavy atom. The normalized spacial score (nSPS) is 19.5. The summed E-state index contributed by atoms with van der Waals surface area (Å²) in [6, 6.07) is 5.26. The number of hydrogen-bond donors (Lipinski definition) is 1. The molecule has 4 heterocycles. The van der Waals surface area contributed by atoms with E-state index in [0.717, 1.165) is 18.4 Å². The van der Waals surface area contributed by atoms with E-state index in [9.17, 15) is 13.2 Å². The first-order chi connectivity index (χ1) is 15.8. The van der Waals surface area contributed by atoms with Gasteiger partial charge in [-0.15, -0.1) is 11.3 Å². The summed E-state index contributed by atoms with van der Waals surface area (Å²) >= 11 is 1.34. The Morgan fingerprint density at radius 2 is 2.06 bits per heavy atom. The molecule has 0 spiro atoms. The van der Waals surface area contributed by atoms with Gasteiger partial charge in [-0.2, -0.15) is 9.29 Å². The number of nitrogens with one attached hydrogen (secondary N) is 1. The van der Waals surface area contributed by atoms with E-state index in [4.69, 9.17) is 4.52 Å². The maximum atomic E-state index is 13.5. The summed E-state index contributed by atoms with van der Waals surface area (Å²) in [5, 5.41) is 6.86. The molecule has 1 atom stereocenters. The van der Waals surface area contributed by atoms with Crippen LogP contribution in [0.3, 0.4) is 0 Å². The van der Waals surface area contributed by atoms with Crippen LogP contribution in [0.2, 0.25) is 0 Å². The molecule has 9 nitrogen and oxygen atoms in total. The lowest BCUT2D eigenvalue weighted by Gasteiger charge is -2.31. The van der Waals surface area contributed by atoms with E-state index < -0.39 is 15.9 Å². The third-order valence-electron chi connectivity index (χ3n) is 6.00. The summed E-state index contributed by atoms with van der Waals surface area (Å²) in [6.07, 6.45) is 4.98. The maximum Gasteiger partial charge on any atom is 0.244 e. The van der Waals surface area contributed by atoms with E-state index in [1.807, 2.05) is 13.0 Å². The fourth-order valence-corrected chi connectivity index (χ4v) is 7.02. The van der Waals surface area contributed by atoms with E-state index in [0.29, 0.717) is 52.6 Å². The molecule has 0 aromatic carbocycles. The van der Waals surface area contributed by atoms with Gasteiger partial charge in [0.1, 0.15) is 5.82 Å². The van der Waals surface area contributed by atoms with Crippen LogP contribution < -0.4 is 5.32 Å². The van der Waals surface area contributed by atoms with Crippen molar-refractivity contribution in [3.63, 3.8) is 0 Å². The van der Waals surface area contributed by atoms with Crippen molar-refractivity contribution in [1.29, 1.82) is 0 Å². The van der Waals surface area contributed by atoms with E-state index in [1.165, 1.54) is 15.6 Å². The minimum atomic E-state index is -3.76. The number of piperidine rings is 1. The molecule has 1 saturated heterocycles. The van der Waals surface area contributed by atoms with Crippen LogP contribution in [0.15, 0.2) is 33.8 Å². The molecule has 33 heavy (non-hydrogen) atoms. The topological polar surface area (TPSA) is 118 Å². The number of rotatable bonds is 6. The molecule has 1 saturated carbocycles. The second-order valence-electron chi connectivity index (χ2n) is 8.67. The Balaban J connectivity index is 1.32. The Labute approximate surface area is 196 Å². The molecule has 3 aromatic heterocycles. The second-order valence-corrected chi connectivity index (χ2v) is 11.8. The van der Waals surface area contributed by atoms with Gasteiger partial charge in [-0.1, -0.05) is 5.16 Å². The molecule has 0 radical (unpaired) electrons. The number of nitrogens with zero attached hydrogens (tertiary/aromatic N) is 4. The molecule has 1 amide bonds. The predicted molar refractivity (Wildman–Crippen MR) is 123 cm³/mol. The quantitative estimate of drug-likeness (QED) is 0.563. The van der Waals surface area contributed by atoms with Gasteiger partial charge in [-0.05, 0) is 63.3 Å². The molecular weight excluding hydrogens is 462 g/mol. The molecular formula is C22H25N5O4S2. The molecule has 1 N–H and O–H groups in total. The third-order valence-corrected chi connectivity index (χ3v) is 9.17. The van der Waals surface area contributed by atoms with Crippen molar-refractivity contribution in [3.8, 4) is 10.7 Å². The molecule has 1 aliphatic carbocycles. The number of sulfonamides is 1. The third kappa shape index (κ3) is 4.57. The van der Waals surface area contributed by atoms with Gasteiger partial charge in [0, 0.05) is 30.1 Å². The zero-order chi connectivity index (χ0) is 23.2. The first-order valence-corrected chi connectivity index (χ1v) is 13.2. The molecule has 174 valence electrons. The van der Waals surface area contributed by atoms with Gasteiger partial charge in [0.25, 0.3) is 0 Å². The van der Waals surface area contributed by atoms with E-state index in [-0.39, 0.29) is 17.3 Å². The molecule has 3 aromatic rings. The SMILES string of the molecule is Cc1ccnc(NC(=O)[C@@H]2CCCN(S(=O)(=O)c3cc(-c4noc(C5CC5)n4)sc3C)C2)c1. The molecule has 2 aliphatic rings. The Kier molecular flexibility index (Phi) is 5.79. The van der Waals surface area contributed by atoms with Crippen LogP contribution >= 0.6 is 11.3 Å². The molecule has 5 rings (SSSR count). The summed E-state index contributed by atoms with van der Waals surface area (Å²) in [7, 11) is -3.76. The van der Waals surface area contributed by atoms with Crippen molar-refractivity contribution < 1.29 is 17.7 Å². The Bertz CT molecular complexity index is 1300. The van der Waals surface area contributed by atoms with Crippen LogP contribution in [-0.2, 0) is 14.8 Å². The summed E-state index contributed by atoms with van der Waals surface area (Å²) in [5.41, 5.74) is 0.989. The molecule has 1 aliphatic heterocycles. The standard InChI is InChI=1S/C22H25N5O4S2/c1-13-7-8-23-19(10-13)24-21(28)16-4-3-9-27(12-16)33(29,30)18-11-17(32-14(18)2)20-25-22(31-26-20)15-5-6-15/h7-8,10-11,15-16H,3-6,9,12H2,1-2H3,(H,23,24,28)/t16-/m1/s1. The first kappa shape index (κ1) is 22.2. The number of aromatic nitrogens is 3. The highest BCUT2D eigenvalue weighted by Gasteiger charge is 2.36. The number of thiophene rings is 1. The number of carbonyl (C=O) groups excluding carboxylic acids is 1. The minimum Gasteiger partial charge on any atom is -0.339 e. The second kappa shape index (κ2) is 8.62. The summed E-state index contributed by atoms with van der Waals surface area (Å²) < 4.78 is 33.7. The van der Waals surface area contributed by atoms with Crippen molar-refractivity contribution in [3.05, 3.63) is 40.7 Å². The highest BCUT2D eigenvalue weighted by atomic mass is 32.2. The van der Waals surface area contributed by atoms with Gasteiger partial charge in [-0.3, -0.25) is 4.79 Å². The predicted octanol–water partition coefficient (Wildman–Crippen LogP) is 3.73. The molecule has 0 bridgehead atoms. The van der Waals surface area contributed by atoms with Crippen LogP contribution in [0.4, 0.5) is 5.82 Å². The Morgan fingerprint density at radius 3 is 2.82 bits per heavy atom. The van der Waals surface area contributed by atoms with Gasteiger partial charge < -0.3 is 9.84 Å². The van der Waals surface area contributed by atoms with Gasteiger partial charge in [-0.25, -0.2) is 13.4 Å². The molecule has 0 unspecified atom stereocenters. The van der Waals surface area contributed by atoms with Crippen molar-refractivity contribution in [2.24, 2.45) is 5.92 Å². The van der Waals surface area contributed by atoms with Gasteiger partial charge >= 0.3 is 0 Å². The lowest BCUT2D eigenvalue weighted by Crippen LogP contribution is -2.43. The zero-order valence-corrected chi connectivity index (χ0v) is 20.1. The van der Waals surface area contributed by atoms with Crippen LogP contribution in [-0.4, -0.2) is 46.8 Å². The highest BCUT2D eigenvalue weighted by Crippen LogP contribution is 2.41. The van der Waals surface area contributed by atoms with Crippen molar-refractivity contribution in [2.45, 2.75) is 50.3 Å². The van der Waals surface area contributed by atoms with Gasteiger partial charge in [0.2, 0.25) is 27.6 Å². The number of anilines is 1. The number of hydrogen-bond acceptors (Lipinski definition) is 8. The van der Waals surface area contributed by atoms with Crippen LogP contribution in [0, 0.1) is 19.8 Å². The summed E-state index contributed by atoms with van der Waals surface area (Å²) in [5.74, 6) is 1.20. The van der Waals surface area contributed by atoms with Crippen molar-refractivity contribution in [1.82, 2.24) is 19.4 Å². The van der Waals surface area contributed by atoms with Crippen LogP contribution in [0.25, 0.3) is 10.7 Å². The van der Waals surface area contributed by atoms with Crippen molar-refractivity contribution in [2.75, 3.05) is 18.4 Å². The maximum absolute atomic E-state index is 13.5. The monoisotopic (exact) mass is 487 g/mol. The average Bonchev–Trinajstić information content (AvgIpc) is 3.38.